The lowest BCUT2D eigenvalue weighted by atomic mass is 10.0. The van der Waals surface area contributed by atoms with Crippen LogP contribution >= 0.6 is 12.4 Å². The monoisotopic (exact) mass is 284 g/mol. The Morgan fingerprint density at radius 3 is 2.44 bits per heavy atom. The Bertz CT molecular complexity index is 403. The Morgan fingerprint density at radius 2 is 1.89 bits per heavy atom. The highest BCUT2D eigenvalue weighted by atomic mass is 35.5. The van der Waals surface area contributed by atoms with Crippen LogP contribution in [0.3, 0.4) is 0 Å². The molecule has 0 bridgehead atoms. The number of piperazine rings is 1. The van der Waals surface area contributed by atoms with Gasteiger partial charge in [-0.15, -0.1) is 12.4 Å². The Labute approximate surface area is 108 Å². The topological polar surface area (TPSA) is 24.1 Å². The van der Waals surface area contributed by atoms with Crippen LogP contribution in [0.4, 0.5) is 17.6 Å². The third-order valence-corrected chi connectivity index (χ3v) is 2.75. The minimum absolute atomic E-state index is 0. The average molecular weight is 285 g/mol. The summed E-state index contributed by atoms with van der Waals surface area (Å²) in [6.07, 6.45) is -4.65. The molecule has 1 aliphatic rings. The number of hydrogen-bond donors (Lipinski definition) is 2. The lowest BCUT2D eigenvalue weighted by Gasteiger charge is -2.26. The standard InChI is InChI=1S/C11H12F4N2.ClH/c12-10-7(9-6-16-4-5-17-9)2-1-3-8(10)11(13,14)15;/h1-3,9,16-17H,4-6H2;1H/t9-;/m0./s1. The smallest absolute Gasteiger partial charge is 0.314 e. The lowest BCUT2D eigenvalue weighted by Crippen LogP contribution is -2.43. The van der Waals surface area contributed by atoms with Crippen molar-refractivity contribution in [1.29, 1.82) is 0 Å². The van der Waals surface area contributed by atoms with Crippen LogP contribution in [0, 0.1) is 5.82 Å². The van der Waals surface area contributed by atoms with E-state index in [0.717, 1.165) is 12.6 Å². The maximum Gasteiger partial charge on any atom is 0.419 e. The summed E-state index contributed by atoms with van der Waals surface area (Å²) in [5, 5.41) is 5.99. The molecule has 1 aromatic carbocycles. The molecule has 1 heterocycles. The minimum atomic E-state index is -4.65. The van der Waals surface area contributed by atoms with Gasteiger partial charge in [-0.25, -0.2) is 4.39 Å². The fourth-order valence-electron chi connectivity index (χ4n) is 1.91. The number of alkyl halides is 3. The van der Waals surface area contributed by atoms with Crippen molar-refractivity contribution in [3.05, 3.63) is 35.1 Å². The average Bonchev–Trinajstić information content (AvgIpc) is 2.29. The maximum atomic E-state index is 13.8. The van der Waals surface area contributed by atoms with E-state index in [9.17, 15) is 17.6 Å². The molecule has 2 rings (SSSR count). The summed E-state index contributed by atoms with van der Waals surface area (Å²) < 4.78 is 51.3. The first-order chi connectivity index (χ1) is 8.00. The van der Waals surface area contributed by atoms with Gasteiger partial charge in [-0.3, -0.25) is 0 Å². The van der Waals surface area contributed by atoms with Crippen LogP contribution in [-0.2, 0) is 6.18 Å². The highest BCUT2D eigenvalue weighted by molar-refractivity contribution is 5.85. The maximum absolute atomic E-state index is 13.8. The fourth-order valence-corrected chi connectivity index (χ4v) is 1.91. The zero-order valence-electron chi connectivity index (χ0n) is 9.35. The van der Waals surface area contributed by atoms with Crippen molar-refractivity contribution in [2.75, 3.05) is 19.6 Å². The molecular formula is C11H13ClF4N2. The molecular weight excluding hydrogens is 272 g/mol. The number of nitrogens with one attached hydrogen (secondary N) is 2. The first-order valence-corrected chi connectivity index (χ1v) is 5.30. The molecule has 18 heavy (non-hydrogen) atoms. The molecule has 0 spiro atoms. The lowest BCUT2D eigenvalue weighted by molar-refractivity contribution is -0.140. The summed E-state index contributed by atoms with van der Waals surface area (Å²) in [5.74, 6) is -1.18. The third-order valence-electron chi connectivity index (χ3n) is 2.75. The molecule has 1 aliphatic heterocycles. The quantitative estimate of drug-likeness (QED) is 0.774. The molecule has 1 fully saturated rings. The molecule has 0 amide bonds. The second kappa shape index (κ2) is 5.86. The summed E-state index contributed by atoms with van der Waals surface area (Å²) in [5.41, 5.74) is -1.14. The van der Waals surface area contributed by atoms with Crippen LogP contribution in [0.25, 0.3) is 0 Å². The summed E-state index contributed by atoms with van der Waals surface area (Å²) in [7, 11) is 0. The van der Waals surface area contributed by atoms with E-state index in [4.69, 9.17) is 0 Å². The van der Waals surface area contributed by atoms with Crippen molar-refractivity contribution in [3.8, 4) is 0 Å². The van der Waals surface area contributed by atoms with Crippen LogP contribution < -0.4 is 10.6 Å². The molecule has 1 atom stereocenters. The fraction of sp³-hybridized carbons (Fsp3) is 0.455. The molecule has 7 heteroatoms. The van der Waals surface area contributed by atoms with Gasteiger partial charge in [0, 0.05) is 31.2 Å². The van der Waals surface area contributed by atoms with Crippen molar-refractivity contribution in [2.24, 2.45) is 0 Å². The third kappa shape index (κ3) is 3.13. The van der Waals surface area contributed by atoms with E-state index in [1.807, 2.05) is 0 Å². The van der Waals surface area contributed by atoms with Crippen molar-refractivity contribution < 1.29 is 17.6 Å². The largest absolute Gasteiger partial charge is 0.419 e. The van der Waals surface area contributed by atoms with Crippen molar-refractivity contribution in [2.45, 2.75) is 12.2 Å². The van der Waals surface area contributed by atoms with E-state index < -0.39 is 23.6 Å². The van der Waals surface area contributed by atoms with Crippen LogP contribution in [0.5, 0.6) is 0 Å². The van der Waals surface area contributed by atoms with Crippen molar-refractivity contribution >= 4 is 12.4 Å². The Hall–Kier alpha value is -0.850. The van der Waals surface area contributed by atoms with Gasteiger partial charge in [0.05, 0.1) is 5.56 Å². The number of rotatable bonds is 1. The van der Waals surface area contributed by atoms with E-state index in [1.54, 1.807) is 0 Å². The predicted molar refractivity (Wildman–Crippen MR) is 62.3 cm³/mol. The summed E-state index contributed by atoms with van der Waals surface area (Å²) in [4.78, 5) is 0. The molecule has 0 aliphatic carbocycles. The SMILES string of the molecule is Cl.Fc1c([C@@H]2CNCCN2)cccc1C(F)(F)F. The molecule has 0 radical (unpaired) electrons. The van der Waals surface area contributed by atoms with Gasteiger partial charge in [0.2, 0.25) is 0 Å². The number of halogens is 5. The second-order valence-corrected chi connectivity index (χ2v) is 3.92. The van der Waals surface area contributed by atoms with Gasteiger partial charge in [0.15, 0.2) is 0 Å². The summed E-state index contributed by atoms with van der Waals surface area (Å²) in [6, 6.07) is 2.97. The van der Waals surface area contributed by atoms with E-state index in [1.165, 1.54) is 12.1 Å². The Balaban J connectivity index is 0.00000162. The molecule has 102 valence electrons. The molecule has 1 aromatic rings. The predicted octanol–water partition coefficient (Wildman–Crippen LogP) is 2.50. The molecule has 0 saturated carbocycles. The van der Waals surface area contributed by atoms with Crippen LogP contribution in [0.1, 0.15) is 17.2 Å². The highest BCUT2D eigenvalue weighted by Crippen LogP contribution is 2.33. The molecule has 0 unspecified atom stereocenters. The summed E-state index contributed by atoms with van der Waals surface area (Å²) in [6.45, 7) is 1.77. The van der Waals surface area contributed by atoms with Crippen molar-refractivity contribution in [1.82, 2.24) is 10.6 Å². The zero-order valence-corrected chi connectivity index (χ0v) is 10.2. The second-order valence-electron chi connectivity index (χ2n) is 3.92. The number of hydrogen-bond acceptors (Lipinski definition) is 2. The highest BCUT2D eigenvalue weighted by Gasteiger charge is 2.35. The van der Waals surface area contributed by atoms with E-state index in [0.29, 0.717) is 13.1 Å². The zero-order chi connectivity index (χ0) is 12.5. The molecule has 0 aromatic heterocycles. The van der Waals surface area contributed by atoms with Gasteiger partial charge >= 0.3 is 6.18 Å². The molecule has 2 N–H and O–H groups in total. The van der Waals surface area contributed by atoms with Gasteiger partial charge in [-0.2, -0.15) is 13.2 Å². The Kier molecular flexibility index (Phi) is 4.95. The van der Waals surface area contributed by atoms with E-state index >= 15 is 0 Å². The van der Waals surface area contributed by atoms with E-state index in [-0.39, 0.29) is 18.0 Å². The van der Waals surface area contributed by atoms with Gasteiger partial charge in [-0.1, -0.05) is 12.1 Å². The number of benzene rings is 1. The first kappa shape index (κ1) is 15.2. The van der Waals surface area contributed by atoms with Crippen molar-refractivity contribution in [3.63, 3.8) is 0 Å². The molecule has 1 saturated heterocycles. The Morgan fingerprint density at radius 1 is 1.17 bits per heavy atom. The molecule has 2 nitrogen and oxygen atoms in total. The van der Waals surface area contributed by atoms with Crippen LogP contribution in [0.15, 0.2) is 18.2 Å². The van der Waals surface area contributed by atoms with Crippen LogP contribution in [-0.4, -0.2) is 19.6 Å². The van der Waals surface area contributed by atoms with Gasteiger partial charge in [-0.05, 0) is 6.07 Å². The van der Waals surface area contributed by atoms with Gasteiger partial charge in [0.1, 0.15) is 5.82 Å². The van der Waals surface area contributed by atoms with E-state index in [2.05, 4.69) is 10.6 Å². The first-order valence-electron chi connectivity index (χ1n) is 5.30. The minimum Gasteiger partial charge on any atom is -0.314 e. The van der Waals surface area contributed by atoms with Crippen LogP contribution in [0.2, 0.25) is 0 Å². The van der Waals surface area contributed by atoms with Gasteiger partial charge in [0.25, 0.3) is 0 Å². The van der Waals surface area contributed by atoms with Gasteiger partial charge < -0.3 is 10.6 Å². The normalized spacial score (nSPS) is 20.3. The summed E-state index contributed by atoms with van der Waals surface area (Å²) >= 11 is 0.